The predicted molar refractivity (Wildman–Crippen MR) is 105 cm³/mol. The molecule has 0 saturated heterocycles. The van der Waals surface area contributed by atoms with E-state index in [0.29, 0.717) is 30.3 Å². The first-order valence-corrected chi connectivity index (χ1v) is 9.06. The van der Waals surface area contributed by atoms with Crippen molar-refractivity contribution in [2.45, 2.75) is 19.9 Å². The highest BCUT2D eigenvalue weighted by molar-refractivity contribution is 5.92. The summed E-state index contributed by atoms with van der Waals surface area (Å²) in [4.78, 5) is 22.8. The van der Waals surface area contributed by atoms with E-state index in [4.69, 9.17) is 9.47 Å². The lowest BCUT2D eigenvalue weighted by Gasteiger charge is -2.25. The van der Waals surface area contributed by atoms with Gasteiger partial charge < -0.3 is 14.8 Å². The molecule has 0 unspecified atom stereocenters. The summed E-state index contributed by atoms with van der Waals surface area (Å²) < 4.78 is 11.2. The Balaban J connectivity index is 1.73. The molecule has 0 spiro atoms. The van der Waals surface area contributed by atoms with Gasteiger partial charge in [-0.15, -0.1) is 0 Å². The van der Waals surface area contributed by atoms with Crippen molar-refractivity contribution in [3.05, 3.63) is 69.8 Å². The van der Waals surface area contributed by atoms with Gasteiger partial charge in [-0.3, -0.25) is 14.9 Å². The second kappa shape index (κ2) is 8.56. The third-order valence-corrected chi connectivity index (χ3v) is 4.40. The number of ether oxygens (including phenoxy) is 2. The highest BCUT2D eigenvalue weighted by Gasteiger charge is 2.20. The smallest absolute Gasteiger partial charge is 0.270 e. The van der Waals surface area contributed by atoms with Crippen LogP contribution in [0, 0.1) is 16.0 Å². The van der Waals surface area contributed by atoms with Crippen molar-refractivity contribution in [2.75, 3.05) is 13.2 Å². The van der Waals surface area contributed by atoms with Crippen molar-refractivity contribution in [2.24, 2.45) is 5.92 Å². The Bertz CT molecular complexity index is 907. The highest BCUT2D eigenvalue weighted by atomic mass is 16.6. The molecule has 28 heavy (non-hydrogen) atoms. The molecule has 1 amide bonds. The van der Waals surface area contributed by atoms with Gasteiger partial charge in [0.15, 0.2) is 11.5 Å². The van der Waals surface area contributed by atoms with Crippen LogP contribution in [0.4, 0.5) is 5.69 Å². The Morgan fingerprint density at radius 1 is 1.14 bits per heavy atom. The van der Waals surface area contributed by atoms with Crippen LogP contribution in [0.15, 0.2) is 48.5 Å². The topological polar surface area (TPSA) is 90.7 Å². The molecule has 146 valence electrons. The van der Waals surface area contributed by atoms with Crippen molar-refractivity contribution in [1.29, 1.82) is 0 Å². The number of amides is 1. The molecular formula is C21H22N2O5. The maximum Gasteiger partial charge on any atom is 0.270 e. The van der Waals surface area contributed by atoms with Crippen LogP contribution in [0.3, 0.4) is 0 Å². The number of benzene rings is 2. The standard InChI is InChI=1S/C21H22N2O5/c1-14(2)21(16-7-8-18-19(13-16)28-11-10-27-18)22-20(24)9-6-15-4-3-5-17(12-15)23(25)26/h3-9,12-14,21H,10-11H2,1-2H3,(H,22,24)/b9-6+/t21-/m1/s1. The predicted octanol–water partition coefficient (Wildman–Crippen LogP) is 3.89. The number of nitrogens with zero attached hydrogens (tertiary/aromatic N) is 1. The minimum atomic E-state index is -0.464. The maximum atomic E-state index is 12.4. The molecule has 3 rings (SSSR count). The van der Waals surface area contributed by atoms with Crippen LogP contribution in [0.5, 0.6) is 11.5 Å². The molecule has 1 aliphatic rings. The Morgan fingerprint density at radius 2 is 1.89 bits per heavy atom. The first kappa shape index (κ1) is 19.4. The van der Waals surface area contributed by atoms with Gasteiger partial charge in [-0.05, 0) is 35.3 Å². The number of hydrogen-bond acceptors (Lipinski definition) is 5. The van der Waals surface area contributed by atoms with E-state index in [9.17, 15) is 14.9 Å². The van der Waals surface area contributed by atoms with Gasteiger partial charge in [0.1, 0.15) is 13.2 Å². The quantitative estimate of drug-likeness (QED) is 0.465. The molecule has 2 aromatic carbocycles. The van der Waals surface area contributed by atoms with Crippen molar-refractivity contribution in [1.82, 2.24) is 5.32 Å². The van der Waals surface area contributed by atoms with Gasteiger partial charge in [-0.1, -0.05) is 32.0 Å². The first-order valence-electron chi connectivity index (χ1n) is 9.06. The lowest BCUT2D eigenvalue weighted by atomic mass is 9.95. The van der Waals surface area contributed by atoms with Crippen LogP contribution in [-0.2, 0) is 4.79 Å². The van der Waals surface area contributed by atoms with Gasteiger partial charge in [0, 0.05) is 18.2 Å². The largest absolute Gasteiger partial charge is 0.486 e. The molecule has 0 radical (unpaired) electrons. The summed E-state index contributed by atoms with van der Waals surface area (Å²) in [6, 6.07) is 11.6. The van der Waals surface area contributed by atoms with Crippen LogP contribution in [0.2, 0.25) is 0 Å². The molecule has 1 heterocycles. The third-order valence-electron chi connectivity index (χ3n) is 4.40. The molecule has 2 aromatic rings. The second-order valence-electron chi connectivity index (χ2n) is 6.82. The molecule has 0 fully saturated rings. The first-order chi connectivity index (χ1) is 13.4. The van der Waals surface area contributed by atoms with Crippen LogP contribution >= 0.6 is 0 Å². The Morgan fingerprint density at radius 3 is 2.61 bits per heavy atom. The number of carbonyl (C=O) groups excluding carboxylic acids is 1. The highest BCUT2D eigenvalue weighted by Crippen LogP contribution is 2.34. The molecule has 1 atom stereocenters. The molecule has 7 heteroatoms. The maximum absolute atomic E-state index is 12.4. The summed E-state index contributed by atoms with van der Waals surface area (Å²) in [5.41, 5.74) is 1.50. The minimum absolute atomic E-state index is 0.0149. The number of hydrogen-bond donors (Lipinski definition) is 1. The zero-order valence-corrected chi connectivity index (χ0v) is 15.8. The summed E-state index contributed by atoms with van der Waals surface area (Å²) in [6.45, 7) is 5.07. The van der Waals surface area contributed by atoms with Crippen molar-refractivity contribution >= 4 is 17.7 Å². The summed E-state index contributed by atoms with van der Waals surface area (Å²) >= 11 is 0. The summed E-state index contributed by atoms with van der Waals surface area (Å²) in [7, 11) is 0. The van der Waals surface area contributed by atoms with E-state index in [1.807, 2.05) is 32.0 Å². The van der Waals surface area contributed by atoms with Crippen LogP contribution in [-0.4, -0.2) is 24.0 Å². The summed E-state index contributed by atoms with van der Waals surface area (Å²) in [5, 5.41) is 13.8. The van der Waals surface area contributed by atoms with Crippen LogP contribution in [0.25, 0.3) is 6.08 Å². The zero-order valence-electron chi connectivity index (χ0n) is 15.8. The van der Waals surface area contributed by atoms with Crippen molar-refractivity contribution in [3.63, 3.8) is 0 Å². The van der Waals surface area contributed by atoms with Gasteiger partial charge >= 0.3 is 0 Å². The van der Waals surface area contributed by atoms with E-state index in [1.54, 1.807) is 18.2 Å². The van der Waals surface area contributed by atoms with Crippen molar-refractivity contribution in [3.8, 4) is 11.5 Å². The number of carbonyl (C=O) groups is 1. The summed E-state index contributed by atoms with van der Waals surface area (Å²) in [5.74, 6) is 1.25. The average molecular weight is 382 g/mol. The van der Waals surface area contributed by atoms with Gasteiger partial charge in [0.2, 0.25) is 5.91 Å². The molecule has 0 aromatic heterocycles. The zero-order chi connectivity index (χ0) is 20.1. The van der Waals surface area contributed by atoms with E-state index < -0.39 is 4.92 Å². The summed E-state index contributed by atoms with van der Waals surface area (Å²) in [6.07, 6.45) is 2.94. The van der Waals surface area contributed by atoms with E-state index in [-0.39, 0.29) is 23.6 Å². The van der Waals surface area contributed by atoms with E-state index in [0.717, 1.165) is 5.56 Å². The Hall–Kier alpha value is -3.35. The van der Waals surface area contributed by atoms with Crippen LogP contribution < -0.4 is 14.8 Å². The molecular weight excluding hydrogens is 360 g/mol. The number of nitro benzene ring substituents is 1. The van der Waals surface area contributed by atoms with Gasteiger partial charge in [0.05, 0.1) is 11.0 Å². The molecule has 1 N–H and O–H groups in total. The average Bonchev–Trinajstić information content (AvgIpc) is 2.70. The second-order valence-corrected chi connectivity index (χ2v) is 6.82. The fourth-order valence-electron chi connectivity index (χ4n) is 3.00. The molecule has 0 bridgehead atoms. The minimum Gasteiger partial charge on any atom is -0.486 e. The monoisotopic (exact) mass is 382 g/mol. The number of rotatable bonds is 6. The van der Waals surface area contributed by atoms with E-state index in [1.165, 1.54) is 18.2 Å². The Labute approximate surface area is 163 Å². The number of non-ortho nitro benzene ring substituents is 1. The van der Waals surface area contributed by atoms with Gasteiger partial charge in [0.25, 0.3) is 5.69 Å². The lowest BCUT2D eigenvalue weighted by Crippen LogP contribution is -2.30. The van der Waals surface area contributed by atoms with Gasteiger partial charge in [-0.25, -0.2) is 0 Å². The van der Waals surface area contributed by atoms with Gasteiger partial charge in [-0.2, -0.15) is 0 Å². The van der Waals surface area contributed by atoms with Crippen molar-refractivity contribution < 1.29 is 19.2 Å². The molecule has 0 saturated carbocycles. The lowest BCUT2D eigenvalue weighted by molar-refractivity contribution is -0.384. The van der Waals surface area contributed by atoms with E-state index >= 15 is 0 Å². The molecule has 7 nitrogen and oxygen atoms in total. The fourth-order valence-corrected chi connectivity index (χ4v) is 3.00. The fraction of sp³-hybridized carbons (Fsp3) is 0.286. The molecule has 1 aliphatic heterocycles. The third kappa shape index (κ3) is 4.68. The van der Waals surface area contributed by atoms with E-state index in [2.05, 4.69) is 5.32 Å². The van der Waals surface area contributed by atoms with Crippen LogP contribution in [0.1, 0.15) is 31.0 Å². The Kier molecular flexibility index (Phi) is 5.93. The number of nitrogens with one attached hydrogen (secondary N) is 1. The number of nitro groups is 1. The number of fused-ring (bicyclic) bond motifs is 1. The normalized spacial score (nSPS) is 14.1. The molecule has 0 aliphatic carbocycles. The SMILES string of the molecule is CC(C)[C@@H](NC(=O)/C=C/c1cccc([N+](=O)[O-])c1)c1ccc2c(c1)OCCO2.